The van der Waals surface area contributed by atoms with E-state index in [-0.39, 0.29) is 16.3 Å². The van der Waals surface area contributed by atoms with Gasteiger partial charge in [-0.3, -0.25) is 9.59 Å². The predicted molar refractivity (Wildman–Crippen MR) is 115 cm³/mol. The van der Waals surface area contributed by atoms with Crippen LogP contribution in [-0.2, 0) is 16.1 Å². The zero-order chi connectivity index (χ0) is 23.8. The zero-order valence-corrected chi connectivity index (χ0v) is 18.8. The summed E-state index contributed by atoms with van der Waals surface area (Å²) < 4.78 is 50.1. The maximum atomic E-state index is 14.0. The first-order valence-corrected chi connectivity index (χ1v) is 10.6. The van der Waals surface area contributed by atoms with E-state index in [0.717, 1.165) is 6.07 Å². The number of benzene rings is 2. The summed E-state index contributed by atoms with van der Waals surface area (Å²) in [6.45, 7) is -0.564. The van der Waals surface area contributed by atoms with Crippen LogP contribution in [0, 0.1) is 11.7 Å². The molecule has 32 heavy (non-hydrogen) atoms. The van der Waals surface area contributed by atoms with Crippen LogP contribution in [0.4, 0.5) is 23.2 Å². The van der Waals surface area contributed by atoms with Crippen LogP contribution in [0.15, 0.2) is 36.4 Å². The summed E-state index contributed by atoms with van der Waals surface area (Å²) in [5.41, 5.74) is 0.583. The molecular weight excluding hydrogens is 518 g/mol. The molecule has 3 unspecified atom stereocenters. The Morgan fingerprint density at radius 1 is 1.03 bits per heavy atom. The quantitative estimate of drug-likeness (QED) is 0.346. The minimum Gasteiger partial charge on any atom is -0.349 e. The van der Waals surface area contributed by atoms with Gasteiger partial charge in [0.2, 0.25) is 12.1 Å². The number of halogens is 8. The maximum Gasteiger partial charge on any atom is 0.278 e. The summed E-state index contributed by atoms with van der Waals surface area (Å²) in [4.78, 5) is 24.0. The lowest BCUT2D eigenvalue weighted by Gasteiger charge is -2.11. The number of anilines is 1. The van der Waals surface area contributed by atoms with E-state index in [4.69, 9.17) is 46.4 Å². The van der Waals surface area contributed by atoms with Crippen molar-refractivity contribution in [3.8, 4) is 0 Å². The fourth-order valence-electron chi connectivity index (χ4n) is 3.18. The number of amides is 2. The molecule has 2 N–H and O–H groups in total. The molecule has 1 fully saturated rings. The first-order valence-electron chi connectivity index (χ1n) is 9.05. The van der Waals surface area contributed by atoms with Gasteiger partial charge in [-0.2, -0.15) is 0 Å². The van der Waals surface area contributed by atoms with Crippen molar-refractivity contribution in [1.29, 1.82) is 0 Å². The van der Waals surface area contributed by atoms with Crippen LogP contribution in [-0.4, -0.2) is 28.7 Å². The molecule has 0 aliphatic heterocycles. The Balaban J connectivity index is 1.69. The normalized spacial score (nSPS) is 20.0. The fourth-order valence-corrected chi connectivity index (χ4v) is 4.31. The van der Waals surface area contributed by atoms with Gasteiger partial charge in [-0.25, -0.2) is 17.6 Å². The third-order valence-electron chi connectivity index (χ3n) is 4.88. The lowest BCUT2D eigenvalue weighted by molar-refractivity contribution is -0.131. The molecule has 0 radical (unpaired) electrons. The summed E-state index contributed by atoms with van der Waals surface area (Å²) in [7, 11) is 0. The third-order valence-corrected chi connectivity index (χ3v) is 6.56. The van der Waals surface area contributed by atoms with Crippen LogP contribution >= 0.6 is 46.4 Å². The van der Waals surface area contributed by atoms with Crippen LogP contribution in [0.3, 0.4) is 0 Å². The van der Waals surface area contributed by atoms with Crippen molar-refractivity contribution in [2.75, 3.05) is 5.32 Å². The summed E-state index contributed by atoms with van der Waals surface area (Å²) in [5, 5.41) is 5.01. The Hall–Kier alpha value is -1.74. The van der Waals surface area contributed by atoms with E-state index in [1.165, 1.54) is 12.1 Å². The smallest absolute Gasteiger partial charge is 0.278 e. The standard InChI is InChI=1S/C20H14Cl4F4N2O2/c21-11-3-1-8(6-12(11)22)14-15(20(14,23)24)18(31)30-10-2-4-13(25)9(5-10)7-29-19(32)16(26)17(27)28/h1-6,14-17H,7H2,(H,29,32)(H,30,31). The monoisotopic (exact) mass is 530 g/mol. The second-order valence-electron chi connectivity index (χ2n) is 7.05. The van der Waals surface area contributed by atoms with Gasteiger partial charge in [-0.15, -0.1) is 23.2 Å². The number of hydrogen-bond donors (Lipinski definition) is 2. The number of carbonyl (C=O) groups is 2. The van der Waals surface area contributed by atoms with Crippen molar-refractivity contribution < 1.29 is 27.2 Å². The molecule has 2 aromatic carbocycles. The largest absolute Gasteiger partial charge is 0.349 e. The van der Waals surface area contributed by atoms with Crippen LogP contribution in [0.25, 0.3) is 0 Å². The molecule has 1 aliphatic carbocycles. The highest BCUT2D eigenvalue weighted by atomic mass is 35.5. The molecule has 0 aromatic heterocycles. The number of hydrogen-bond acceptors (Lipinski definition) is 2. The predicted octanol–water partition coefficient (Wildman–Crippen LogP) is 5.88. The molecule has 12 heteroatoms. The number of carbonyl (C=O) groups excluding carboxylic acids is 2. The highest BCUT2D eigenvalue weighted by Crippen LogP contribution is 2.65. The Kier molecular flexibility index (Phi) is 7.49. The summed E-state index contributed by atoms with van der Waals surface area (Å²) in [6.07, 6.45) is -6.53. The molecule has 3 atom stereocenters. The second kappa shape index (κ2) is 9.63. The van der Waals surface area contributed by atoms with Crippen LogP contribution in [0.1, 0.15) is 17.0 Å². The lowest BCUT2D eigenvalue weighted by atomic mass is 10.1. The van der Waals surface area contributed by atoms with Gasteiger partial charge in [-0.1, -0.05) is 29.3 Å². The van der Waals surface area contributed by atoms with E-state index in [0.29, 0.717) is 10.6 Å². The highest BCUT2D eigenvalue weighted by Gasteiger charge is 2.67. The van der Waals surface area contributed by atoms with Gasteiger partial charge >= 0.3 is 0 Å². The van der Waals surface area contributed by atoms with E-state index >= 15 is 0 Å². The Morgan fingerprint density at radius 3 is 2.34 bits per heavy atom. The van der Waals surface area contributed by atoms with Gasteiger partial charge in [0.15, 0.2) is 0 Å². The maximum absolute atomic E-state index is 14.0. The minimum atomic E-state index is -3.50. The van der Waals surface area contributed by atoms with E-state index in [1.54, 1.807) is 18.2 Å². The van der Waals surface area contributed by atoms with Gasteiger partial charge in [0.1, 0.15) is 10.2 Å². The van der Waals surface area contributed by atoms with Gasteiger partial charge in [0, 0.05) is 23.7 Å². The lowest BCUT2D eigenvalue weighted by Crippen LogP contribution is -2.35. The molecule has 0 bridgehead atoms. The molecule has 172 valence electrons. The van der Waals surface area contributed by atoms with Gasteiger partial charge in [-0.05, 0) is 35.9 Å². The zero-order valence-electron chi connectivity index (χ0n) is 15.8. The number of nitrogens with one attached hydrogen (secondary N) is 2. The van der Waals surface area contributed by atoms with Crippen LogP contribution in [0.5, 0.6) is 0 Å². The van der Waals surface area contributed by atoms with Crippen molar-refractivity contribution in [2.24, 2.45) is 5.92 Å². The van der Waals surface area contributed by atoms with Gasteiger partial charge in [0.05, 0.1) is 16.0 Å². The van der Waals surface area contributed by atoms with E-state index in [2.05, 4.69) is 5.32 Å². The van der Waals surface area contributed by atoms with Crippen molar-refractivity contribution in [2.45, 2.75) is 29.4 Å². The molecule has 3 rings (SSSR count). The molecule has 0 heterocycles. The molecule has 2 aromatic rings. The SMILES string of the molecule is O=C(NCc1cc(NC(=O)C2C(c3ccc(Cl)c(Cl)c3)C2(Cl)Cl)ccc1F)C(F)C(F)F. The Labute approximate surface area is 200 Å². The summed E-state index contributed by atoms with van der Waals surface area (Å²) >= 11 is 24.5. The topological polar surface area (TPSA) is 58.2 Å². The molecule has 0 spiro atoms. The number of rotatable bonds is 7. The highest BCUT2D eigenvalue weighted by molar-refractivity contribution is 6.53. The van der Waals surface area contributed by atoms with E-state index in [1.807, 2.05) is 5.32 Å². The van der Waals surface area contributed by atoms with E-state index < -0.39 is 52.9 Å². The number of alkyl halides is 5. The first kappa shape index (κ1) is 24.9. The molecule has 1 aliphatic rings. The van der Waals surface area contributed by atoms with Crippen molar-refractivity contribution in [1.82, 2.24) is 5.32 Å². The van der Waals surface area contributed by atoms with Crippen molar-refractivity contribution in [3.05, 3.63) is 63.4 Å². The Morgan fingerprint density at radius 2 is 1.72 bits per heavy atom. The van der Waals surface area contributed by atoms with E-state index in [9.17, 15) is 27.2 Å². The molecule has 0 saturated heterocycles. The summed E-state index contributed by atoms with van der Waals surface area (Å²) in [6, 6.07) is 8.15. The van der Waals surface area contributed by atoms with Crippen LogP contribution in [0.2, 0.25) is 10.0 Å². The summed E-state index contributed by atoms with van der Waals surface area (Å²) in [5.74, 6) is -4.36. The fraction of sp³-hybridized carbons (Fsp3) is 0.300. The average Bonchev–Trinajstić information content (AvgIpc) is 3.31. The molecule has 4 nitrogen and oxygen atoms in total. The van der Waals surface area contributed by atoms with Gasteiger partial charge in [0.25, 0.3) is 12.3 Å². The van der Waals surface area contributed by atoms with Crippen molar-refractivity contribution in [3.63, 3.8) is 0 Å². The minimum absolute atomic E-state index is 0.134. The third kappa shape index (κ3) is 5.25. The first-order chi connectivity index (χ1) is 14.9. The van der Waals surface area contributed by atoms with Crippen molar-refractivity contribution >= 4 is 63.9 Å². The molecular formula is C20H14Cl4F4N2O2. The average molecular weight is 532 g/mol. The van der Waals surface area contributed by atoms with Gasteiger partial charge < -0.3 is 10.6 Å². The Bertz CT molecular complexity index is 1050. The molecule has 2 amide bonds. The second-order valence-corrected chi connectivity index (χ2v) is 9.31. The van der Waals surface area contributed by atoms with Crippen LogP contribution < -0.4 is 10.6 Å². The molecule has 1 saturated carbocycles.